The fourth-order valence-electron chi connectivity index (χ4n) is 5.47. The molecule has 0 bridgehead atoms. The van der Waals surface area contributed by atoms with E-state index in [2.05, 4.69) is 4.98 Å². The van der Waals surface area contributed by atoms with Crippen LogP contribution in [0.2, 0.25) is 0 Å². The van der Waals surface area contributed by atoms with Crippen molar-refractivity contribution >= 4 is 24.2 Å². The lowest BCUT2D eigenvalue weighted by Crippen LogP contribution is -2.46. The maximum absolute atomic E-state index is 14.3. The Morgan fingerprint density at radius 1 is 0.872 bits per heavy atom. The third-order valence-electron chi connectivity index (χ3n) is 7.74. The molecule has 4 aromatic rings. The van der Waals surface area contributed by atoms with E-state index in [0.717, 1.165) is 36.5 Å². The van der Waals surface area contributed by atoms with Gasteiger partial charge in [0, 0.05) is 55.0 Å². The number of halogens is 3. The molecule has 0 fully saturated rings. The molecule has 0 saturated carbocycles. The largest absolute Gasteiger partial charge is 0.445 e. The lowest BCUT2D eigenvalue weighted by molar-refractivity contribution is 0.0554. The van der Waals surface area contributed by atoms with Crippen molar-refractivity contribution < 1.29 is 27.9 Å². The van der Waals surface area contributed by atoms with Crippen LogP contribution >= 0.6 is 12.4 Å². The van der Waals surface area contributed by atoms with Crippen molar-refractivity contribution in [3.05, 3.63) is 113 Å². The van der Waals surface area contributed by atoms with Crippen LogP contribution in [0.15, 0.2) is 77.5 Å². The van der Waals surface area contributed by atoms with Gasteiger partial charge in [-0.05, 0) is 72.7 Å². The standard InChI is InChI=1S/C36H42F2N4O4.ClH/c1-4-11-41(12-5-2)35(44)28-18-27(34-40-10-13-46-34)19-29(20-28)36(45)42(22-25-9-7-8-24(6-3)14-25)23-33(43)32(39)17-26-15-30(37)21-31(38)16-26;/h7-10,13-16,18-21,32-33,43H,4-6,11-12,17,22-23,39H2,1-3H3;1H/t32-,33+;/m0./s1. The summed E-state index contributed by atoms with van der Waals surface area (Å²) in [7, 11) is 0. The topological polar surface area (TPSA) is 113 Å². The molecule has 4 rings (SSSR count). The molecule has 0 aliphatic carbocycles. The van der Waals surface area contributed by atoms with E-state index in [1.807, 2.05) is 45.0 Å². The Morgan fingerprint density at radius 2 is 1.49 bits per heavy atom. The predicted molar refractivity (Wildman–Crippen MR) is 180 cm³/mol. The van der Waals surface area contributed by atoms with Gasteiger partial charge in [-0.1, -0.05) is 45.0 Å². The number of aliphatic hydroxyl groups is 1. The number of nitrogens with two attached hydrogens (primary N) is 1. The molecule has 1 aromatic heterocycles. The molecule has 11 heteroatoms. The number of benzene rings is 3. The Hall–Kier alpha value is -4.12. The summed E-state index contributed by atoms with van der Waals surface area (Å²) in [6.45, 7) is 7.15. The molecule has 1 heterocycles. The zero-order chi connectivity index (χ0) is 33.2. The second-order valence-corrected chi connectivity index (χ2v) is 11.5. The number of carbonyl (C=O) groups is 2. The fraction of sp³-hybridized carbons (Fsp3) is 0.361. The first-order valence-corrected chi connectivity index (χ1v) is 15.7. The van der Waals surface area contributed by atoms with Crippen molar-refractivity contribution in [2.24, 2.45) is 5.73 Å². The Morgan fingerprint density at radius 3 is 2.06 bits per heavy atom. The van der Waals surface area contributed by atoms with E-state index in [0.29, 0.717) is 29.8 Å². The normalized spacial score (nSPS) is 12.2. The summed E-state index contributed by atoms with van der Waals surface area (Å²) >= 11 is 0. The van der Waals surface area contributed by atoms with Crippen LogP contribution in [0.25, 0.3) is 11.5 Å². The molecule has 2 amide bonds. The van der Waals surface area contributed by atoms with Crippen LogP contribution in [0.3, 0.4) is 0 Å². The summed E-state index contributed by atoms with van der Waals surface area (Å²) < 4.78 is 33.2. The summed E-state index contributed by atoms with van der Waals surface area (Å²) in [5, 5.41) is 11.2. The maximum atomic E-state index is 14.3. The van der Waals surface area contributed by atoms with Gasteiger partial charge < -0.3 is 25.1 Å². The Balaban J connectivity index is 0.00000600. The molecule has 252 valence electrons. The minimum absolute atomic E-state index is 0. The van der Waals surface area contributed by atoms with Crippen LogP contribution in [-0.4, -0.2) is 63.5 Å². The van der Waals surface area contributed by atoms with Gasteiger partial charge in [0.25, 0.3) is 11.8 Å². The van der Waals surface area contributed by atoms with Gasteiger partial charge in [0.15, 0.2) is 0 Å². The quantitative estimate of drug-likeness (QED) is 0.151. The third-order valence-corrected chi connectivity index (χ3v) is 7.74. The molecule has 2 atom stereocenters. The van der Waals surface area contributed by atoms with Crippen molar-refractivity contribution in [3.63, 3.8) is 0 Å². The average Bonchev–Trinajstić information content (AvgIpc) is 3.58. The first-order chi connectivity index (χ1) is 22.1. The average molecular weight is 669 g/mol. The molecule has 8 nitrogen and oxygen atoms in total. The Kier molecular flexibility index (Phi) is 14.1. The molecular weight excluding hydrogens is 626 g/mol. The summed E-state index contributed by atoms with van der Waals surface area (Å²) in [4.78, 5) is 35.5. The van der Waals surface area contributed by atoms with E-state index >= 15 is 0 Å². The first-order valence-electron chi connectivity index (χ1n) is 15.7. The van der Waals surface area contributed by atoms with Gasteiger partial charge in [-0.15, -0.1) is 12.4 Å². The third kappa shape index (κ3) is 10.2. The van der Waals surface area contributed by atoms with E-state index < -0.39 is 29.7 Å². The van der Waals surface area contributed by atoms with E-state index in [1.54, 1.807) is 23.1 Å². The second-order valence-electron chi connectivity index (χ2n) is 11.5. The van der Waals surface area contributed by atoms with Gasteiger partial charge in [0.2, 0.25) is 5.89 Å². The number of hydrogen-bond donors (Lipinski definition) is 2. The van der Waals surface area contributed by atoms with E-state index in [-0.39, 0.29) is 49.3 Å². The maximum Gasteiger partial charge on any atom is 0.254 e. The molecule has 0 spiro atoms. The van der Waals surface area contributed by atoms with Crippen molar-refractivity contribution in [2.75, 3.05) is 19.6 Å². The zero-order valence-corrected chi connectivity index (χ0v) is 27.8. The van der Waals surface area contributed by atoms with Crippen LogP contribution in [-0.2, 0) is 19.4 Å². The number of aliphatic hydroxyl groups excluding tert-OH is 1. The summed E-state index contributed by atoms with van der Waals surface area (Å²) in [5.41, 5.74) is 9.53. The Labute approximate surface area is 281 Å². The van der Waals surface area contributed by atoms with Gasteiger partial charge in [-0.25, -0.2) is 13.8 Å². The monoisotopic (exact) mass is 668 g/mol. The lowest BCUT2D eigenvalue weighted by atomic mass is 10.00. The van der Waals surface area contributed by atoms with Crippen molar-refractivity contribution in [1.29, 1.82) is 0 Å². The van der Waals surface area contributed by atoms with Gasteiger partial charge in [-0.2, -0.15) is 0 Å². The number of amides is 2. The summed E-state index contributed by atoms with van der Waals surface area (Å²) in [6, 6.07) is 14.8. The number of rotatable bonds is 15. The number of aromatic nitrogens is 1. The molecular formula is C36H43ClF2N4O4. The highest BCUT2D eigenvalue weighted by Crippen LogP contribution is 2.24. The number of aryl methyl sites for hydroxylation is 1. The number of hydrogen-bond acceptors (Lipinski definition) is 6. The minimum atomic E-state index is -1.23. The lowest BCUT2D eigenvalue weighted by Gasteiger charge is -2.29. The van der Waals surface area contributed by atoms with Crippen LogP contribution in [0.5, 0.6) is 0 Å². The summed E-state index contributed by atoms with van der Waals surface area (Å²) in [5.74, 6) is -1.87. The van der Waals surface area contributed by atoms with Crippen molar-refractivity contribution in [3.8, 4) is 11.5 Å². The smallest absolute Gasteiger partial charge is 0.254 e. The highest BCUT2D eigenvalue weighted by Gasteiger charge is 2.26. The van der Waals surface area contributed by atoms with Gasteiger partial charge in [0.1, 0.15) is 17.9 Å². The van der Waals surface area contributed by atoms with Crippen LogP contribution in [0.4, 0.5) is 8.78 Å². The zero-order valence-electron chi connectivity index (χ0n) is 27.0. The van der Waals surface area contributed by atoms with Gasteiger partial charge in [-0.3, -0.25) is 9.59 Å². The predicted octanol–water partition coefficient (Wildman–Crippen LogP) is 6.44. The Bertz CT molecular complexity index is 1590. The molecule has 3 N–H and O–H groups in total. The summed E-state index contributed by atoms with van der Waals surface area (Å²) in [6.07, 6.45) is 4.03. The van der Waals surface area contributed by atoms with E-state index in [9.17, 15) is 23.5 Å². The molecule has 0 unspecified atom stereocenters. The van der Waals surface area contributed by atoms with Crippen molar-refractivity contribution in [2.45, 2.75) is 65.1 Å². The molecule has 3 aromatic carbocycles. The molecule has 0 aliphatic rings. The van der Waals surface area contributed by atoms with Crippen LogP contribution in [0, 0.1) is 11.6 Å². The number of carbonyl (C=O) groups excluding carboxylic acids is 2. The van der Waals surface area contributed by atoms with Gasteiger partial charge >= 0.3 is 0 Å². The van der Waals surface area contributed by atoms with E-state index in [4.69, 9.17) is 10.2 Å². The van der Waals surface area contributed by atoms with Crippen molar-refractivity contribution in [1.82, 2.24) is 14.8 Å². The fourth-order valence-corrected chi connectivity index (χ4v) is 5.47. The van der Waals surface area contributed by atoms with Crippen LogP contribution < -0.4 is 5.73 Å². The molecule has 0 radical (unpaired) electrons. The highest BCUT2D eigenvalue weighted by molar-refractivity contribution is 6.01. The number of oxazole rings is 1. The highest BCUT2D eigenvalue weighted by atomic mass is 35.5. The molecule has 0 saturated heterocycles. The molecule has 47 heavy (non-hydrogen) atoms. The number of nitrogens with zero attached hydrogens (tertiary/aromatic N) is 3. The minimum Gasteiger partial charge on any atom is -0.445 e. The second kappa shape index (κ2) is 17.7. The van der Waals surface area contributed by atoms with E-state index in [1.165, 1.54) is 29.5 Å². The SMILES string of the molecule is CCCN(CCC)C(=O)c1cc(C(=O)N(Cc2cccc(CC)c2)C[C@@H](O)[C@@H](N)Cc2cc(F)cc(F)c2)cc(-c2ncco2)c1.Cl. The molecule has 0 aliphatic heterocycles. The first kappa shape index (κ1) is 37.3. The van der Waals surface area contributed by atoms with Crippen LogP contribution in [0.1, 0.15) is 71.0 Å². The van der Waals surface area contributed by atoms with Gasteiger partial charge in [0.05, 0.1) is 12.3 Å².